The van der Waals surface area contributed by atoms with Crippen molar-refractivity contribution >= 4 is 6.29 Å². The molecule has 0 radical (unpaired) electrons. The van der Waals surface area contributed by atoms with Crippen molar-refractivity contribution in [3.63, 3.8) is 0 Å². The molecule has 0 aromatic carbocycles. The van der Waals surface area contributed by atoms with Gasteiger partial charge < -0.3 is 0 Å². The first-order valence-corrected chi connectivity index (χ1v) is 5.20. The van der Waals surface area contributed by atoms with Crippen molar-refractivity contribution < 1.29 is 9.18 Å². The smallest absolute Gasteiger partial charge is 0.151 e. The molecule has 0 aliphatic carbocycles. The van der Waals surface area contributed by atoms with Crippen LogP contribution >= 0.6 is 0 Å². The van der Waals surface area contributed by atoms with Gasteiger partial charge in [0.1, 0.15) is 0 Å². The summed E-state index contributed by atoms with van der Waals surface area (Å²) in [5, 5.41) is 0. The normalized spacial score (nSPS) is 12.4. The van der Waals surface area contributed by atoms with E-state index in [0.717, 1.165) is 17.4 Å². The number of hydrogen-bond donors (Lipinski definition) is 0. The molecule has 3 heteroatoms. The molecule has 0 saturated heterocycles. The van der Waals surface area contributed by atoms with E-state index in [2.05, 4.69) is 11.6 Å². The van der Waals surface area contributed by atoms with Gasteiger partial charge in [0.15, 0.2) is 6.29 Å². The Morgan fingerprint density at radius 1 is 1.53 bits per heavy atom. The molecule has 2 nitrogen and oxygen atoms in total. The lowest BCUT2D eigenvalue weighted by molar-refractivity contribution is 0.112. The Bertz CT molecular complexity index is 471. The molecule has 0 unspecified atom stereocenters. The van der Waals surface area contributed by atoms with Gasteiger partial charge in [0.25, 0.3) is 0 Å². The van der Waals surface area contributed by atoms with Crippen LogP contribution < -0.4 is 0 Å². The van der Waals surface area contributed by atoms with Crippen molar-refractivity contribution in [3.05, 3.63) is 65.8 Å². The summed E-state index contributed by atoms with van der Waals surface area (Å²) in [6, 6.07) is 1.73. The Balaban J connectivity index is 2.93. The summed E-state index contributed by atoms with van der Waals surface area (Å²) >= 11 is 0. The third-order valence-corrected chi connectivity index (χ3v) is 2.08. The molecule has 1 heterocycles. The monoisotopic (exact) mass is 231 g/mol. The van der Waals surface area contributed by atoms with Crippen LogP contribution in [0.3, 0.4) is 0 Å². The molecule has 0 saturated carbocycles. The van der Waals surface area contributed by atoms with Crippen molar-refractivity contribution in [2.24, 2.45) is 0 Å². The van der Waals surface area contributed by atoms with Gasteiger partial charge in [-0.3, -0.25) is 9.78 Å². The highest BCUT2D eigenvalue weighted by molar-refractivity contribution is 5.74. The number of carbonyl (C=O) groups is 1. The highest BCUT2D eigenvalue weighted by Crippen LogP contribution is 2.12. The minimum Gasteiger partial charge on any atom is -0.298 e. The number of carbonyl (C=O) groups excluding carboxylic acids is 1. The van der Waals surface area contributed by atoms with E-state index in [1.165, 1.54) is 19.2 Å². The summed E-state index contributed by atoms with van der Waals surface area (Å²) in [6.07, 6.45) is 9.18. The molecule has 0 N–H and O–H groups in total. The maximum atomic E-state index is 12.8. The highest BCUT2D eigenvalue weighted by atomic mass is 19.1. The van der Waals surface area contributed by atoms with Crippen molar-refractivity contribution in [2.45, 2.75) is 13.3 Å². The van der Waals surface area contributed by atoms with Crippen molar-refractivity contribution in [2.75, 3.05) is 0 Å². The molecule has 0 aliphatic rings. The average molecular weight is 231 g/mol. The Labute approximate surface area is 100 Å². The number of nitrogens with zero attached hydrogens (tertiary/aromatic N) is 1. The molecule has 1 aromatic heterocycles. The predicted octanol–water partition coefficient (Wildman–Crippen LogP) is 3.42. The molecule has 17 heavy (non-hydrogen) atoms. The summed E-state index contributed by atoms with van der Waals surface area (Å²) < 4.78 is 12.8. The van der Waals surface area contributed by atoms with Crippen LogP contribution in [-0.4, -0.2) is 11.3 Å². The van der Waals surface area contributed by atoms with Crippen LogP contribution in [0.1, 0.15) is 22.8 Å². The summed E-state index contributed by atoms with van der Waals surface area (Å²) in [6.45, 7) is 4.97. The first-order chi connectivity index (χ1) is 8.15. The van der Waals surface area contributed by atoms with E-state index in [9.17, 15) is 9.18 Å². The van der Waals surface area contributed by atoms with Crippen LogP contribution in [0.5, 0.6) is 0 Å². The minimum atomic E-state index is -0.266. The largest absolute Gasteiger partial charge is 0.298 e. The second-order valence-corrected chi connectivity index (χ2v) is 3.63. The lowest BCUT2D eigenvalue weighted by Crippen LogP contribution is -1.92. The second kappa shape index (κ2) is 6.53. The van der Waals surface area contributed by atoms with Crippen molar-refractivity contribution in [1.82, 2.24) is 4.98 Å². The number of rotatable bonds is 5. The first-order valence-electron chi connectivity index (χ1n) is 5.20. The molecule has 1 aromatic rings. The zero-order valence-corrected chi connectivity index (χ0v) is 9.69. The zero-order valence-electron chi connectivity index (χ0n) is 9.69. The summed E-state index contributed by atoms with van der Waals surface area (Å²) in [5.74, 6) is -0.266. The van der Waals surface area contributed by atoms with Crippen molar-refractivity contribution in [3.8, 4) is 0 Å². The first kappa shape index (κ1) is 13.0. The quantitative estimate of drug-likeness (QED) is 0.574. The van der Waals surface area contributed by atoms with Gasteiger partial charge in [-0.15, -0.1) is 0 Å². The molecule has 0 spiro atoms. The molecule has 88 valence electrons. The van der Waals surface area contributed by atoms with Crippen molar-refractivity contribution in [1.29, 1.82) is 0 Å². The SMILES string of the molecule is C=C/C=C(\C=C(/C)F)Cc1cncc(C=O)c1. The van der Waals surface area contributed by atoms with Crippen LogP contribution in [0, 0.1) is 0 Å². The fourth-order valence-corrected chi connectivity index (χ4v) is 1.47. The van der Waals surface area contributed by atoms with E-state index < -0.39 is 0 Å². The van der Waals surface area contributed by atoms with Gasteiger partial charge in [-0.2, -0.15) is 0 Å². The maximum absolute atomic E-state index is 12.8. The lowest BCUT2D eigenvalue weighted by atomic mass is 10.0. The summed E-state index contributed by atoms with van der Waals surface area (Å²) in [7, 11) is 0. The molecule has 0 amide bonds. The summed E-state index contributed by atoms with van der Waals surface area (Å²) in [4.78, 5) is 14.6. The molecule has 0 atom stereocenters. The minimum absolute atomic E-state index is 0.266. The topological polar surface area (TPSA) is 30.0 Å². The van der Waals surface area contributed by atoms with Gasteiger partial charge in [-0.1, -0.05) is 18.7 Å². The highest BCUT2D eigenvalue weighted by Gasteiger charge is 2.00. The molecule has 0 bridgehead atoms. The fraction of sp³-hybridized carbons (Fsp3) is 0.143. The van der Waals surface area contributed by atoms with E-state index in [0.29, 0.717) is 12.0 Å². The van der Waals surface area contributed by atoms with E-state index in [-0.39, 0.29) is 5.83 Å². The number of pyridine rings is 1. The van der Waals surface area contributed by atoms with E-state index >= 15 is 0 Å². The van der Waals surface area contributed by atoms with Gasteiger partial charge in [-0.05, 0) is 36.6 Å². The van der Waals surface area contributed by atoms with Gasteiger partial charge >= 0.3 is 0 Å². The number of allylic oxidation sites excluding steroid dienone is 5. The molecular formula is C14H14FNO. The van der Waals surface area contributed by atoms with Crippen LogP contribution in [0.2, 0.25) is 0 Å². The third-order valence-electron chi connectivity index (χ3n) is 2.08. The standard InChI is InChI=1S/C14H14FNO/c1-3-4-12(5-11(2)15)6-13-7-14(10-17)9-16-8-13/h3-5,7-10H,1,6H2,2H3/b11-5+,12-4+. The molecule has 0 fully saturated rings. The van der Waals surface area contributed by atoms with Gasteiger partial charge in [-0.25, -0.2) is 4.39 Å². The van der Waals surface area contributed by atoms with Gasteiger partial charge in [0.2, 0.25) is 0 Å². The Morgan fingerprint density at radius 3 is 2.88 bits per heavy atom. The Morgan fingerprint density at radius 2 is 2.29 bits per heavy atom. The van der Waals surface area contributed by atoms with Crippen LogP contribution in [0.4, 0.5) is 4.39 Å². The molecule has 0 aliphatic heterocycles. The van der Waals surface area contributed by atoms with E-state index in [1.54, 1.807) is 24.4 Å². The van der Waals surface area contributed by atoms with Gasteiger partial charge in [0, 0.05) is 18.0 Å². The van der Waals surface area contributed by atoms with E-state index in [1.807, 2.05) is 0 Å². The maximum Gasteiger partial charge on any atom is 0.151 e. The zero-order chi connectivity index (χ0) is 12.7. The average Bonchev–Trinajstić information content (AvgIpc) is 2.29. The number of aldehydes is 1. The summed E-state index contributed by atoms with van der Waals surface area (Å²) in [5.41, 5.74) is 2.16. The number of hydrogen-bond acceptors (Lipinski definition) is 2. The third kappa shape index (κ3) is 4.55. The van der Waals surface area contributed by atoms with Crippen LogP contribution in [0.25, 0.3) is 0 Å². The van der Waals surface area contributed by atoms with E-state index in [4.69, 9.17) is 0 Å². The predicted molar refractivity (Wildman–Crippen MR) is 66.5 cm³/mol. The molecular weight excluding hydrogens is 217 g/mol. The second-order valence-electron chi connectivity index (χ2n) is 3.63. The van der Waals surface area contributed by atoms with Crippen LogP contribution in [0.15, 0.2) is 54.7 Å². The molecule has 1 rings (SSSR count). The Hall–Kier alpha value is -2.03. The lowest BCUT2D eigenvalue weighted by Gasteiger charge is -2.02. The van der Waals surface area contributed by atoms with Crippen LogP contribution in [-0.2, 0) is 6.42 Å². The van der Waals surface area contributed by atoms with Gasteiger partial charge in [0.05, 0.1) is 5.83 Å². The Kier molecular flexibility index (Phi) is 5.01. The number of aromatic nitrogens is 1. The fourth-order valence-electron chi connectivity index (χ4n) is 1.47. The number of halogens is 1.